The zero-order valence-corrected chi connectivity index (χ0v) is 16.4. The molecule has 0 radical (unpaired) electrons. The van der Waals surface area contributed by atoms with Gasteiger partial charge in [-0.1, -0.05) is 94.8 Å². The van der Waals surface area contributed by atoms with Crippen molar-refractivity contribution in [2.75, 3.05) is 0 Å². The number of ketones is 1. The molecule has 1 unspecified atom stereocenters. The molecule has 27 heavy (non-hydrogen) atoms. The summed E-state index contributed by atoms with van der Waals surface area (Å²) in [6.07, 6.45) is 5.05. The van der Waals surface area contributed by atoms with Crippen LogP contribution in [0.25, 0.3) is 5.57 Å². The summed E-state index contributed by atoms with van der Waals surface area (Å²) in [5.41, 5.74) is 5.05. The molecule has 3 aromatic rings. The molecule has 0 fully saturated rings. The lowest BCUT2D eigenvalue weighted by molar-refractivity contribution is 0.103. The molecule has 0 aromatic heterocycles. The summed E-state index contributed by atoms with van der Waals surface area (Å²) >= 11 is 3.47. The lowest BCUT2D eigenvalue weighted by Gasteiger charge is -2.22. The number of carbonyl (C=O) groups excluding carboxylic acids is 1. The maximum absolute atomic E-state index is 13.2. The number of carbonyl (C=O) groups is 1. The van der Waals surface area contributed by atoms with E-state index in [4.69, 9.17) is 0 Å². The fraction of sp³-hybridized carbons (Fsp3) is 0.0800. The van der Waals surface area contributed by atoms with Crippen molar-refractivity contribution >= 4 is 27.3 Å². The van der Waals surface area contributed by atoms with Crippen molar-refractivity contribution in [3.8, 4) is 0 Å². The van der Waals surface area contributed by atoms with E-state index in [-0.39, 0.29) is 11.7 Å². The Labute approximate surface area is 168 Å². The van der Waals surface area contributed by atoms with Crippen LogP contribution in [0.15, 0.2) is 107 Å². The summed E-state index contributed by atoms with van der Waals surface area (Å²) in [5.74, 6) is 0.288. The van der Waals surface area contributed by atoms with Crippen LogP contribution in [0.3, 0.4) is 0 Å². The van der Waals surface area contributed by atoms with E-state index in [1.54, 1.807) is 0 Å². The van der Waals surface area contributed by atoms with E-state index in [2.05, 4.69) is 64.5 Å². The molecule has 0 spiro atoms. The van der Waals surface area contributed by atoms with Gasteiger partial charge in [-0.3, -0.25) is 4.79 Å². The molecule has 132 valence electrons. The molecule has 1 aliphatic rings. The number of Topliss-reactive ketones (excluding diaryl/α,β-unsaturated/α-hetero) is 1. The Morgan fingerprint density at radius 1 is 0.852 bits per heavy atom. The Hall–Kier alpha value is -2.71. The van der Waals surface area contributed by atoms with Crippen LogP contribution in [0.5, 0.6) is 0 Å². The average molecular weight is 415 g/mol. The van der Waals surface area contributed by atoms with Gasteiger partial charge in [0.05, 0.1) is 0 Å². The third-order valence-corrected chi connectivity index (χ3v) is 5.36. The number of hydrogen-bond donors (Lipinski definition) is 0. The van der Waals surface area contributed by atoms with Gasteiger partial charge in [-0.2, -0.15) is 0 Å². The Morgan fingerprint density at radius 3 is 2.26 bits per heavy atom. The van der Waals surface area contributed by atoms with Gasteiger partial charge in [0.15, 0.2) is 5.78 Å². The molecular weight excluding hydrogens is 396 g/mol. The van der Waals surface area contributed by atoms with Crippen LogP contribution in [0.4, 0.5) is 0 Å². The summed E-state index contributed by atoms with van der Waals surface area (Å²) < 4.78 is 0.920. The summed E-state index contributed by atoms with van der Waals surface area (Å²) in [4.78, 5) is 13.2. The van der Waals surface area contributed by atoms with E-state index in [0.717, 1.165) is 26.7 Å². The second-order valence-electron chi connectivity index (χ2n) is 6.72. The zero-order valence-electron chi connectivity index (χ0n) is 14.8. The Balaban J connectivity index is 1.76. The number of allylic oxidation sites excluding steroid dienone is 4. The molecule has 0 saturated heterocycles. The molecule has 1 atom stereocenters. The minimum Gasteiger partial charge on any atom is -0.289 e. The van der Waals surface area contributed by atoms with E-state index < -0.39 is 0 Å². The average Bonchev–Trinajstić information content (AvgIpc) is 2.74. The van der Waals surface area contributed by atoms with Gasteiger partial charge < -0.3 is 0 Å². The molecule has 0 saturated carbocycles. The number of hydrogen-bond acceptors (Lipinski definition) is 1. The van der Waals surface area contributed by atoms with E-state index in [1.807, 2.05) is 48.5 Å². The van der Waals surface area contributed by atoms with Crippen molar-refractivity contribution < 1.29 is 4.79 Å². The predicted molar refractivity (Wildman–Crippen MR) is 115 cm³/mol. The minimum atomic E-state index is 0.0961. The van der Waals surface area contributed by atoms with Crippen molar-refractivity contribution in [1.82, 2.24) is 0 Å². The highest BCUT2D eigenvalue weighted by molar-refractivity contribution is 9.10. The summed E-state index contributed by atoms with van der Waals surface area (Å²) in [5, 5.41) is 0. The Kier molecular flexibility index (Phi) is 5.17. The largest absolute Gasteiger partial charge is 0.289 e. The summed E-state index contributed by atoms with van der Waals surface area (Å²) in [6, 6.07) is 28.3. The minimum absolute atomic E-state index is 0.0961. The molecule has 3 aromatic carbocycles. The van der Waals surface area contributed by atoms with Crippen molar-refractivity contribution in [2.24, 2.45) is 0 Å². The van der Waals surface area contributed by atoms with Crippen LogP contribution < -0.4 is 0 Å². The van der Waals surface area contributed by atoms with Gasteiger partial charge in [-0.05, 0) is 41.3 Å². The van der Waals surface area contributed by atoms with E-state index in [1.165, 1.54) is 5.56 Å². The zero-order chi connectivity index (χ0) is 18.6. The van der Waals surface area contributed by atoms with Crippen LogP contribution >= 0.6 is 15.9 Å². The van der Waals surface area contributed by atoms with E-state index in [0.29, 0.717) is 6.42 Å². The molecule has 0 N–H and O–H groups in total. The number of halogens is 1. The first kappa shape index (κ1) is 17.7. The second-order valence-corrected chi connectivity index (χ2v) is 7.63. The van der Waals surface area contributed by atoms with Crippen molar-refractivity contribution in [3.63, 3.8) is 0 Å². The standard InChI is InChI=1S/C25H19BrO/c26-24-13-7-12-20(17-24)25(27)23-15-21(18-8-3-1-4-9-18)14-22(16-23)19-10-5-2-6-11-19/h1-15,17,22H,16H2. The Bertz CT molecular complexity index is 1020. The third kappa shape index (κ3) is 4.01. The lowest BCUT2D eigenvalue weighted by atomic mass is 9.81. The SMILES string of the molecule is O=C(C1=CC(c2ccccc2)=CC(c2ccccc2)C1)c1cccc(Br)c1. The Morgan fingerprint density at radius 2 is 1.56 bits per heavy atom. The van der Waals surface area contributed by atoms with Crippen LogP contribution in [0.1, 0.15) is 33.8 Å². The molecule has 2 heteroatoms. The first-order valence-corrected chi connectivity index (χ1v) is 9.83. The van der Waals surface area contributed by atoms with Crippen molar-refractivity contribution in [2.45, 2.75) is 12.3 Å². The van der Waals surface area contributed by atoms with Gasteiger partial charge in [0, 0.05) is 21.5 Å². The normalized spacial score (nSPS) is 16.4. The quantitative estimate of drug-likeness (QED) is 0.427. The molecule has 0 bridgehead atoms. The van der Waals surface area contributed by atoms with Crippen LogP contribution in [0.2, 0.25) is 0 Å². The van der Waals surface area contributed by atoms with Crippen molar-refractivity contribution in [3.05, 3.63) is 124 Å². The van der Waals surface area contributed by atoms with Crippen LogP contribution in [-0.4, -0.2) is 5.78 Å². The fourth-order valence-electron chi connectivity index (χ4n) is 3.51. The highest BCUT2D eigenvalue weighted by Gasteiger charge is 2.23. The van der Waals surface area contributed by atoms with Gasteiger partial charge in [-0.25, -0.2) is 0 Å². The van der Waals surface area contributed by atoms with Crippen LogP contribution in [0, 0.1) is 0 Å². The molecule has 1 aliphatic carbocycles. The summed E-state index contributed by atoms with van der Waals surface area (Å²) in [6.45, 7) is 0. The van der Waals surface area contributed by atoms with Gasteiger partial charge in [0.1, 0.15) is 0 Å². The number of rotatable bonds is 4. The third-order valence-electron chi connectivity index (χ3n) is 4.86. The van der Waals surface area contributed by atoms with Gasteiger partial charge >= 0.3 is 0 Å². The first-order chi connectivity index (χ1) is 13.2. The molecular formula is C25H19BrO. The van der Waals surface area contributed by atoms with Crippen molar-refractivity contribution in [1.29, 1.82) is 0 Å². The molecule has 0 amide bonds. The smallest absolute Gasteiger partial charge is 0.189 e. The molecule has 0 aliphatic heterocycles. The van der Waals surface area contributed by atoms with Gasteiger partial charge in [0.2, 0.25) is 0 Å². The topological polar surface area (TPSA) is 17.1 Å². The molecule has 1 nitrogen and oxygen atoms in total. The highest BCUT2D eigenvalue weighted by Crippen LogP contribution is 2.36. The van der Waals surface area contributed by atoms with Gasteiger partial charge in [-0.15, -0.1) is 0 Å². The monoisotopic (exact) mass is 414 g/mol. The fourth-order valence-corrected chi connectivity index (χ4v) is 3.90. The predicted octanol–water partition coefficient (Wildman–Crippen LogP) is 6.83. The molecule has 0 heterocycles. The van der Waals surface area contributed by atoms with E-state index in [9.17, 15) is 4.79 Å². The maximum atomic E-state index is 13.2. The summed E-state index contributed by atoms with van der Waals surface area (Å²) in [7, 11) is 0. The van der Waals surface area contributed by atoms with Crippen LogP contribution in [-0.2, 0) is 0 Å². The first-order valence-electron chi connectivity index (χ1n) is 9.04. The number of benzene rings is 3. The highest BCUT2D eigenvalue weighted by atomic mass is 79.9. The lowest BCUT2D eigenvalue weighted by Crippen LogP contribution is -2.11. The van der Waals surface area contributed by atoms with E-state index >= 15 is 0 Å². The maximum Gasteiger partial charge on any atom is 0.189 e. The molecule has 4 rings (SSSR count). The van der Waals surface area contributed by atoms with Gasteiger partial charge in [0.25, 0.3) is 0 Å². The second kappa shape index (κ2) is 7.89.